The lowest BCUT2D eigenvalue weighted by Gasteiger charge is -2.18. The molecule has 1 fully saturated rings. The monoisotopic (exact) mass is 292 g/mol. The van der Waals surface area contributed by atoms with Crippen LogP contribution in [-0.4, -0.2) is 36.5 Å². The molecule has 2 rings (SSSR count). The van der Waals surface area contributed by atoms with Crippen LogP contribution in [0.2, 0.25) is 0 Å². The Morgan fingerprint density at radius 3 is 2.71 bits per heavy atom. The fourth-order valence-electron chi connectivity index (χ4n) is 2.40. The van der Waals surface area contributed by atoms with E-state index in [9.17, 15) is 14.9 Å². The first-order chi connectivity index (χ1) is 10.0. The van der Waals surface area contributed by atoms with E-state index in [0.29, 0.717) is 12.2 Å². The van der Waals surface area contributed by atoms with E-state index >= 15 is 0 Å². The zero-order valence-electron chi connectivity index (χ0n) is 12.0. The third-order valence-corrected chi connectivity index (χ3v) is 3.61. The number of hydrogen-bond acceptors (Lipinski definition) is 5. The summed E-state index contributed by atoms with van der Waals surface area (Å²) in [5.41, 5.74) is 6.30. The van der Waals surface area contributed by atoms with Crippen molar-refractivity contribution in [2.24, 2.45) is 5.73 Å². The minimum absolute atomic E-state index is 0.0232. The van der Waals surface area contributed by atoms with Gasteiger partial charge in [0, 0.05) is 37.3 Å². The van der Waals surface area contributed by atoms with E-state index in [0.717, 1.165) is 25.9 Å². The lowest BCUT2D eigenvalue weighted by Crippen LogP contribution is -2.37. The van der Waals surface area contributed by atoms with Crippen molar-refractivity contribution >= 4 is 17.3 Å². The number of benzene rings is 1. The fraction of sp³-hybridized carbons (Fsp3) is 0.500. The highest BCUT2D eigenvalue weighted by atomic mass is 16.6. The summed E-state index contributed by atoms with van der Waals surface area (Å²) in [4.78, 5) is 24.8. The predicted molar refractivity (Wildman–Crippen MR) is 80.5 cm³/mol. The zero-order valence-corrected chi connectivity index (χ0v) is 12.0. The molecule has 7 nitrogen and oxygen atoms in total. The van der Waals surface area contributed by atoms with Gasteiger partial charge < -0.3 is 16.0 Å². The molecule has 1 saturated heterocycles. The van der Waals surface area contributed by atoms with Crippen molar-refractivity contribution in [2.75, 3.05) is 24.5 Å². The van der Waals surface area contributed by atoms with E-state index in [2.05, 4.69) is 5.32 Å². The average molecular weight is 292 g/mol. The number of nitrogens with zero attached hydrogens (tertiary/aromatic N) is 2. The van der Waals surface area contributed by atoms with Crippen molar-refractivity contribution < 1.29 is 9.72 Å². The minimum Gasteiger partial charge on any atom is -0.366 e. The van der Waals surface area contributed by atoms with Gasteiger partial charge in [0.2, 0.25) is 0 Å². The van der Waals surface area contributed by atoms with E-state index < -0.39 is 4.92 Å². The Kier molecular flexibility index (Phi) is 4.74. The number of nitrogens with one attached hydrogen (secondary N) is 1. The molecule has 0 aliphatic carbocycles. The molecular formula is C14H20N4O3. The maximum atomic E-state index is 12.0. The van der Waals surface area contributed by atoms with Gasteiger partial charge in [-0.2, -0.15) is 0 Å². The molecule has 0 unspecified atom stereocenters. The van der Waals surface area contributed by atoms with Gasteiger partial charge in [0.05, 0.1) is 4.92 Å². The molecule has 3 N–H and O–H groups in total. The van der Waals surface area contributed by atoms with Crippen LogP contribution in [0, 0.1) is 10.1 Å². The van der Waals surface area contributed by atoms with E-state index in [1.54, 1.807) is 19.1 Å². The Labute approximate surface area is 123 Å². The number of nitro groups is 1. The SMILES string of the molecule is C[C@@H](CN)NC(=O)c1ccc(N2CCCC2)c([N+](=O)[O-])c1. The van der Waals surface area contributed by atoms with Crippen molar-refractivity contribution in [3.8, 4) is 0 Å². The number of carbonyl (C=O) groups is 1. The van der Waals surface area contributed by atoms with Gasteiger partial charge in [0.25, 0.3) is 11.6 Å². The first-order valence-electron chi connectivity index (χ1n) is 7.07. The molecule has 0 radical (unpaired) electrons. The maximum Gasteiger partial charge on any atom is 0.293 e. The van der Waals surface area contributed by atoms with Gasteiger partial charge >= 0.3 is 0 Å². The summed E-state index contributed by atoms with van der Waals surface area (Å²) >= 11 is 0. The number of rotatable bonds is 5. The molecule has 21 heavy (non-hydrogen) atoms. The molecule has 1 aromatic carbocycles. The number of nitro benzene ring substituents is 1. The summed E-state index contributed by atoms with van der Waals surface area (Å²) in [6.45, 7) is 3.73. The van der Waals surface area contributed by atoms with Crippen LogP contribution in [0.15, 0.2) is 18.2 Å². The van der Waals surface area contributed by atoms with Crippen molar-refractivity contribution in [1.29, 1.82) is 0 Å². The zero-order chi connectivity index (χ0) is 15.4. The third kappa shape index (κ3) is 3.49. The Morgan fingerprint density at radius 2 is 2.14 bits per heavy atom. The Hall–Kier alpha value is -2.15. The third-order valence-electron chi connectivity index (χ3n) is 3.61. The van der Waals surface area contributed by atoms with E-state index in [4.69, 9.17) is 5.73 Å². The number of carbonyl (C=O) groups excluding carboxylic acids is 1. The summed E-state index contributed by atoms with van der Waals surface area (Å²) < 4.78 is 0. The topological polar surface area (TPSA) is 102 Å². The molecule has 0 bridgehead atoms. The summed E-state index contributed by atoms with van der Waals surface area (Å²) in [5.74, 6) is -0.343. The van der Waals surface area contributed by atoms with Crippen LogP contribution in [-0.2, 0) is 0 Å². The highest BCUT2D eigenvalue weighted by Gasteiger charge is 2.24. The molecular weight excluding hydrogens is 272 g/mol. The molecule has 0 saturated carbocycles. The van der Waals surface area contributed by atoms with Crippen LogP contribution in [0.25, 0.3) is 0 Å². The normalized spacial score (nSPS) is 15.8. The van der Waals surface area contributed by atoms with Gasteiger partial charge in [-0.3, -0.25) is 14.9 Å². The molecule has 1 amide bonds. The average Bonchev–Trinajstić information content (AvgIpc) is 3.00. The summed E-state index contributed by atoms with van der Waals surface area (Å²) in [5, 5.41) is 14.0. The largest absolute Gasteiger partial charge is 0.366 e. The van der Waals surface area contributed by atoms with Crippen molar-refractivity contribution in [3.05, 3.63) is 33.9 Å². The first-order valence-corrected chi connectivity index (χ1v) is 7.07. The lowest BCUT2D eigenvalue weighted by molar-refractivity contribution is -0.384. The minimum atomic E-state index is -0.434. The van der Waals surface area contributed by atoms with Crippen LogP contribution in [0.3, 0.4) is 0 Å². The first kappa shape index (κ1) is 15.2. The molecule has 0 aromatic heterocycles. The quantitative estimate of drug-likeness (QED) is 0.628. The summed E-state index contributed by atoms with van der Waals surface area (Å²) in [6.07, 6.45) is 2.07. The van der Waals surface area contributed by atoms with Crippen LogP contribution >= 0.6 is 0 Å². The van der Waals surface area contributed by atoms with E-state index in [1.165, 1.54) is 6.07 Å². The van der Waals surface area contributed by atoms with Gasteiger partial charge in [-0.1, -0.05) is 0 Å². The second kappa shape index (κ2) is 6.53. The number of nitrogens with two attached hydrogens (primary N) is 1. The van der Waals surface area contributed by atoms with Crippen molar-refractivity contribution in [1.82, 2.24) is 5.32 Å². The Morgan fingerprint density at radius 1 is 1.48 bits per heavy atom. The second-order valence-corrected chi connectivity index (χ2v) is 5.26. The van der Waals surface area contributed by atoms with Gasteiger partial charge in [0.15, 0.2) is 0 Å². The van der Waals surface area contributed by atoms with Gasteiger partial charge in [0.1, 0.15) is 5.69 Å². The van der Waals surface area contributed by atoms with Crippen LogP contribution in [0.1, 0.15) is 30.1 Å². The summed E-state index contributed by atoms with van der Waals surface area (Å²) in [6, 6.07) is 4.45. The highest BCUT2D eigenvalue weighted by Crippen LogP contribution is 2.31. The smallest absolute Gasteiger partial charge is 0.293 e. The van der Waals surface area contributed by atoms with E-state index in [-0.39, 0.29) is 23.2 Å². The van der Waals surface area contributed by atoms with Crippen LogP contribution in [0.4, 0.5) is 11.4 Å². The molecule has 0 spiro atoms. The van der Waals surface area contributed by atoms with Gasteiger partial charge in [-0.25, -0.2) is 0 Å². The van der Waals surface area contributed by atoms with Crippen LogP contribution < -0.4 is 16.0 Å². The molecule has 1 atom stereocenters. The van der Waals surface area contributed by atoms with Gasteiger partial charge in [-0.15, -0.1) is 0 Å². The molecule has 1 aliphatic heterocycles. The van der Waals surface area contributed by atoms with Crippen molar-refractivity contribution in [3.63, 3.8) is 0 Å². The predicted octanol–water partition coefficient (Wildman–Crippen LogP) is 1.27. The fourth-order valence-corrected chi connectivity index (χ4v) is 2.40. The molecule has 1 aromatic rings. The number of amides is 1. The summed E-state index contributed by atoms with van der Waals surface area (Å²) in [7, 11) is 0. The molecule has 1 heterocycles. The Balaban J connectivity index is 2.27. The van der Waals surface area contributed by atoms with Gasteiger partial charge in [-0.05, 0) is 31.9 Å². The second-order valence-electron chi connectivity index (χ2n) is 5.26. The standard InChI is InChI=1S/C14H20N4O3/c1-10(9-15)16-14(19)11-4-5-12(13(8-11)18(20)21)17-6-2-3-7-17/h4-5,8,10H,2-3,6-7,9,15H2,1H3,(H,16,19)/t10-/m0/s1. The lowest BCUT2D eigenvalue weighted by atomic mass is 10.1. The van der Waals surface area contributed by atoms with Crippen LogP contribution in [0.5, 0.6) is 0 Å². The highest BCUT2D eigenvalue weighted by molar-refractivity contribution is 5.96. The molecule has 7 heteroatoms. The van der Waals surface area contributed by atoms with E-state index in [1.807, 2.05) is 4.90 Å². The Bertz CT molecular complexity index is 541. The number of anilines is 1. The number of hydrogen-bond donors (Lipinski definition) is 2. The maximum absolute atomic E-state index is 12.0. The molecule has 1 aliphatic rings. The molecule has 114 valence electrons. The van der Waals surface area contributed by atoms with Crippen molar-refractivity contribution in [2.45, 2.75) is 25.8 Å².